The molecule has 0 amide bonds. The molecule has 1 aromatic rings. The van der Waals surface area contributed by atoms with E-state index in [0.29, 0.717) is 26.2 Å². The van der Waals surface area contributed by atoms with Gasteiger partial charge in [-0.25, -0.2) is 9.78 Å². The van der Waals surface area contributed by atoms with Gasteiger partial charge in [-0.2, -0.15) is 0 Å². The smallest absolute Gasteiger partial charge is 0.358 e. The molecule has 17 heavy (non-hydrogen) atoms. The van der Waals surface area contributed by atoms with Gasteiger partial charge in [0.05, 0.1) is 6.61 Å². The number of rotatable bonds is 7. The average Bonchev–Trinajstić information content (AvgIpc) is 2.30. The summed E-state index contributed by atoms with van der Waals surface area (Å²) in [5.74, 6) is -1.62. The van der Waals surface area contributed by atoms with E-state index in [-0.39, 0.29) is 5.75 Å². The third kappa shape index (κ3) is 3.92. The summed E-state index contributed by atoms with van der Waals surface area (Å²) < 4.78 is 10.4. The Labute approximate surface area is 98.8 Å². The molecule has 1 rings (SSSR count). The van der Waals surface area contributed by atoms with Crippen molar-refractivity contribution in [1.29, 1.82) is 0 Å². The fourth-order valence-corrected chi connectivity index (χ4v) is 1.20. The third-order valence-electron chi connectivity index (χ3n) is 1.98. The van der Waals surface area contributed by atoms with Crippen molar-refractivity contribution in [2.24, 2.45) is 0 Å². The topological polar surface area (TPSA) is 88.9 Å². The van der Waals surface area contributed by atoms with Gasteiger partial charge < -0.3 is 19.7 Å². The first-order valence-corrected chi connectivity index (χ1v) is 5.28. The highest BCUT2D eigenvalue weighted by Gasteiger charge is 2.15. The summed E-state index contributed by atoms with van der Waals surface area (Å²) in [4.78, 5) is 14.2. The summed E-state index contributed by atoms with van der Waals surface area (Å²) in [6, 6.07) is 1.42. The summed E-state index contributed by atoms with van der Waals surface area (Å²) in [6.07, 6.45) is 1.94. The Morgan fingerprint density at radius 2 is 2.24 bits per heavy atom. The highest BCUT2D eigenvalue weighted by Crippen LogP contribution is 2.27. The van der Waals surface area contributed by atoms with E-state index in [1.54, 1.807) is 0 Å². The van der Waals surface area contributed by atoms with E-state index in [4.69, 9.17) is 14.6 Å². The second-order valence-electron chi connectivity index (χ2n) is 3.21. The number of ether oxygens (including phenoxy) is 2. The number of carboxylic acids is 1. The van der Waals surface area contributed by atoms with Crippen LogP contribution in [0.5, 0.6) is 11.5 Å². The second-order valence-corrected chi connectivity index (χ2v) is 3.21. The highest BCUT2D eigenvalue weighted by molar-refractivity contribution is 5.89. The van der Waals surface area contributed by atoms with Crippen LogP contribution in [0.15, 0.2) is 12.3 Å². The van der Waals surface area contributed by atoms with Crippen molar-refractivity contribution < 1.29 is 24.5 Å². The molecule has 94 valence electrons. The Hall–Kier alpha value is -1.82. The number of carboxylic acid groups (broad SMARTS) is 1. The van der Waals surface area contributed by atoms with Crippen molar-refractivity contribution in [3.63, 3.8) is 0 Å². The predicted molar refractivity (Wildman–Crippen MR) is 59.5 cm³/mol. The van der Waals surface area contributed by atoms with Crippen molar-refractivity contribution in [3.8, 4) is 11.5 Å². The summed E-state index contributed by atoms with van der Waals surface area (Å²) in [7, 11) is 0. The lowest BCUT2D eigenvalue weighted by atomic mass is 10.3. The first-order valence-electron chi connectivity index (χ1n) is 5.28. The molecular formula is C11H15NO5. The minimum atomic E-state index is -1.29. The lowest BCUT2D eigenvalue weighted by Crippen LogP contribution is -2.05. The van der Waals surface area contributed by atoms with Gasteiger partial charge in [0.15, 0.2) is 17.2 Å². The molecule has 0 saturated carbocycles. The van der Waals surface area contributed by atoms with Crippen LogP contribution in [0.4, 0.5) is 0 Å². The van der Waals surface area contributed by atoms with Crippen LogP contribution in [0, 0.1) is 0 Å². The van der Waals surface area contributed by atoms with E-state index in [2.05, 4.69) is 4.98 Å². The largest absolute Gasteiger partial charge is 0.503 e. The van der Waals surface area contributed by atoms with Crippen molar-refractivity contribution in [1.82, 2.24) is 4.98 Å². The zero-order valence-corrected chi connectivity index (χ0v) is 9.55. The fourth-order valence-electron chi connectivity index (χ4n) is 1.20. The summed E-state index contributed by atoms with van der Waals surface area (Å²) in [6.45, 7) is 3.45. The van der Waals surface area contributed by atoms with Crippen LogP contribution in [0.25, 0.3) is 0 Å². The van der Waals surface area contributed by atoms with E-state index >= 15 is 0 Å². The first-order chi connectivity index (χ1) is 8.16. The van der Waals surface area contributed by atoms with Crippen molar-refractivity contribution in [3.05, 3.63) is 18.0 Å². The minimum Gasteiger partial charge on any atom is -0.503 e. The van der Waals surface area contributed by atoms with Gasteiger partial charge in [0.25, 0.3) is 0 Å². The average molecular weight is 241 g/mol. The van der Waals surface area contributed by atoms with Gasteiger partial charge in [-0.1, -0.05) is 0 Å². The van der Waals surface area contributed by atoms with E-state index in [1.165, 1.54) is 12.3 Å². The van der Waals surface area contributed by atoms with Crippen molar-refractivity contribution in [2.45, 2.75) is 13.3 Å². The summed E-state index contributed by atoms with van der Waals surface area (Å²) in [5.41, 5.74) is -0.410. The lowest BCUT2D eigenvalue weighted by molar-refractivity contribution is 0.0685. The maximum absolute atomic E-state index is 10.7. The molecule has 1 heterocycles. The Morgan fingerprint density at radius 3 is 2.88 bits per heavy atom. The number of hydrogen-bond acceptors (Lipinski definition) is 5. The van der Waals surface area contributed by atoms with Crippen molar-refractivity contribution in [2.75, 3.05) is 19.8 Å². The number of pyridine rings is 1. The molecule has 6 heteroatoms. The van der Waals surface area contributed by atoms with Gasteiger partial charge in [-0.05, 0) is 6.92 Å². The molecule has 0 spiro atoms. The van der Waals surface area contributed by atoms with Gasteiger partial charge in [0.1, 0.15) is 0 Å². The molecule has 0 aliphatic heterocycles. The summed E-state index contributed by atoms with van der Waals surface area (Å²) in [5, 5.41) is 18.3. The quantitative estimate of drug-likeness (QED) is 0.699. The van der Waals surface area contributed by atoms with Gasteiger partial charge in [-0.15, -0.1) is 0 Å². The molecule has 0 aliphatic rings. The van der Waals surface area contributed by atoms with Crippen molar-refractivity contribution >= 4 is 5.97 Å². The Balaban J connectivity index is 2.54. The predicted octanol–water partition coefficient (Wildman–Crippen LogP) is 1.29. The van der Waals surface area contributed by atoms with E-state index in [1.807, 2.05) is 6.92 Å². The van der Waals surface area contributed by atoms with Gasteiger partial charge >= 0.3 is 5.97 Å². The van der Waals surface area contributed by atoms with Gasteiger partial charge in [0.2, 0.25) is 0 Å². The number of hydrogen-bond donors (Lipinski definition) is 2. The first kappa shape index (κ1) is 13.2. The highest BCUT2D eigenvalue weighted by atomic mass is 16.5. The molecule has 2 N–H and O–H groups in total. The van der Waals surface area contributed by atoms with Crippen LogP contribution in [0.2, 0.25) is 0 Å². The molecule has 0 radical (unpaired) electrons. The lowest BCUT2D eigenvalue weighted by Gasteiger charge is -2.08. The molecule has 0 aliphatic carbocycles. The van der Waals surface area contributed by atoms with Gasteiger partial charge in [-0.3, -0.25) is 0 Å². The zero-order valence-electron chi connectivity index (χ0n) is 9.55. The van der Waals surface area contributed by atoms with Crippen LogP contribution >= 0.6 is 0 Å². The molecule has 6 nitrogen and oxygen atoms in total. The molecule has 1 aromatic heterocycles. The fraction of sp³-hybridized carbons (Fsp3) is 0.455. The van der Waals surface area contributed by atoms with Crippen LogP contribution in [0.3, 0.4) is 0 Å². The standard InChI is InChI=1S/C11H15NO5/c1-2-16-6-3-7-17-8-4-5-12-9(10(8)13)11(14)15/h4-5,13H,2-3,6-7H2,1H3,(H,14,15). The van der Waals surface area contributed by atoms with Gasteiger partial charge in [0, 0.05) is 31.9 Å². The van der Waals surface area contributed by atoms with Crippen LogP contribution in [0.1, 0.15) is 23.8 Å². The van der Waals surface area contributed by atoms with E-state index in [0.717, 1.165) is 0 Å². The normalized spacial score (nSPS) is 10.2. The Morgan fingerprint density at radius 1 is 1.47 bits per heavy atom. The van der Waals surface area contributed by atoms with Crippen LogP contribution in [-0.2, 0) is 4.74 Å². The molecule has 0 atom stereocenters. The minimum absolute atomic E-state index is 0.119. The van der Waals surface area contributed by atoms with E-state index < -0.39 is 17.4 Å². The van der Waals surface area contributed by atoms with E-state index in [9.17, 15) is 9.90 Å². The molecule has 0 fully saturated rings. The van der Waals surface area contributed by atoms with Crippen LogP contribution in [-0.4, -0.2) is 41.0 Å². The SMILES string of the molecule is CCOCCCOc1ccnc(C(=O)O)c1O. The Bertz CT molecular complexity index is 380. The number of aromatic carboxylic acids is 1. The molecule has 0 aromatic carbocycles. The molecular weight excluding hydrogens is 226 g/mol. The second kappa shape index (κ2) is 6.70. The Kier molecular flexibility index (Phi) is 5.22. The summed E-state index contributed by atoms with van der Waals surface area (Å²) >= 11 is 0. The maximum atomic E-state index is 10.7. The molecule has 0 unspecified atom stereocenters. The monoisotopic (exact) mass is 241 g/mol. The molecule has 0 saturated heterocycles. The molecule has 0 bridgehead atoms. The third-order valence-corrected chi connectivity index (χ3v) is 1.98. The number of aromatic hydroxyl groups is 1. The van der Waals surface area contributed by atoms with Crippen LogP contribution < -0.4 is 4.74 Å². The number of carbonyl (C=O) groups is 1. The number of nitrogens with zero attached hydrogens (tertiary/aromatic N) is 1. The maximum Gasteiger partial charge on any atom is 0.358 e. The number of aromatic nitrogens is 1. The zero-order chi connectivity index (χ0) is 12.7.